The van der Waals surface area contributed by atoms with Crippen LogP contribution in [0.3, 0.4) is 0 Å². The minimum Gasteiger partial charge on any atom is -0.387 e. The molecule has 3 rings (SSSR count). The molecule has 3 amide bonds. The number of benzene rings is 2. The number of aliphatic hydroxyl groups is 1. The summed E-state index contributed by atoms with van der Waals surface area (Å²) in [6.45, 7) is 3.83. The van der Waals surface area contributed by atoms with E-state index in [1.807, 2.05) is 13.8 Å². The SMILES string of the molecule is CC(C)C(=O)N1CCCc2ccc(NC(=O)C(=O)NCC(O)c3ccc(C(F)(F)F)cc3)cc21. The standard InChI is InChI=1S/C24H26F3N3O4/c1-14(2)23(34)30-11-3-4-15-7-10-18(12-19(15)30)29-22(33)21(32)28-13-20(31)16-5-8-17(9-6-16)24(25,26)27/h5-10,12,14,20,31H,3-4,11,13H2,1-2H3,(H,28,32)(H,29,33). The highest BCUT2D eigenvalue weighted by Gasteiger charge is 2.30. The Morgan fingerprint density at radius 3 is 2.35 bits per heavy atom. The van der Waals surface area contributed by atoms with E-state index in [2.05, 4.69) is 10.6 Å². The number of amides is 3. The lowest BCUT2D eigenvalue weighted by atomic mass is 9.99. The molecule has 0 spiro atoms. The molecule has 1 aliphatic heterocycles. The van der Waals surface area contributed by atoms with Gasteiger partial charge in [0.2, 0.25) is 5.91 Å². The summed E-state index contributed by atoms with van der Waals surface area (Å²) in [5.74, 6) is -2.21. The van der Waals surface area contributed by atoms with Crippen LogP contribution in [0.15, 0.2) is 42.5 Å². The third-order valence-electron chi connectivity index (χ3n) is 5.51. The predicted octanol–water partition coefficient (Wildman–Crippen LogP) is 3.43. The van der Waals surface area contributed by atoms with Crippen LogP contribution in [0.4, 0.5) is 24.5 Å². The lowest BCUT2D eigenvalue weighted by Gasteiger charge is -2.31. The fourth-order valence-electron chi connectivity index (χ4n) is 3.66. The summed E-state index contributed by atoms with van der Waals surface area (Å²) in [4.78, 5) is 38.7. The van der Waals surface area contributed by atoms with Gasteiger partial charge in [0.25, 0.3) is 0 Å². The molecule has 1 heterocycles. The molecular weight excluding hydrogens is 451 g/mol. The van der Waals surface area contributed by atoms with Gasteiger partial charge >= 0.3 is 18.0 Å². The van der Waals surface area contributed by atoms with Gasteiger partial charge in [-0.15, -0.1) is 0 Å². The van der Waals surface area contributed by atoms with E-state index in [1.165, 1.54) is 0 Å². The largest absolute Gasteiger partial charge is 0.416 e. The minimum absolute atomic E-state index is 0.0283. The molecule has 1 aliphatic rings. The van der Waals surface area contributed by atoms with Crippen LogP contribution in [0.1, 0.15) is 43.1 Å². The molecule has 0 aromatic heterocycles. The second-order valence-corrected chi connectivity index (χ2v) is 8.39. The monoisotopic (exact) mass is 477 g/mol. The molecule has 10 heteroatoms. The number of nitrogens with one attached hydrogen (secondary N) is 2. The molecule has 34 heavy (non-hydrogen) atoms. The highest BCUT2D eigenvalue weighted by atomic mass is 19.4. The maximum atomic E-state index is 12.6. The van der Waals surface area contributed by atoms with Crippen LogP contribution < -0.4 is 15.5 Å². The summed E-state index contributed by atoms with van der Waals surface area (Å²) < 4.78 is 37.9. The summed E-state index contributed by atoms with van der Waals surface area (Å²) in [5.41, 5.74) is 1.32. The number of hydrogen-bond acceptors (Lipinski definition) is 4. The van der Waals surface area contributed by atoms with E-state index in [9.17, 15) is 32.7 Å². The first-order valence-corrected chi connectivity index (χ1v) is 10.9. The summed E-state index contributed by atoms with van der Waals surface area (Å²) in [6, 6.07) is 8.97. The van der Waals surface area contributed by atoms with Crippen LogP contribution in [0.2, 0.25) is 0 Å². The lowest BCUT2D eigenvalue weighted by Crippen LogP contribution is -2.39. The lowest BCUT2D eigenvalue weighted by molar-refractivity contribution is -0.137. The molecule has 0 bridgehead atoms. The van der Waals surface area contributed by atoms with Gasteiger partial charge in [0, 0.05) is 30.4 Å². The van der Waals surface area contributed by atoms with Crippen LogP contribution >= 0.6 is 0 Å². The molecule has 0 aliphatic carbocycles. The number of anilines is 2. The van der Waals surface area contributed by atoms with E-state index in [-0.39, 0.29) is 23.9 Å². The number of nitrogens with zero attached hydrogens (tertiary/aromatic N) is 1. The van der Waals surface area contributed by atoms with Crippen molar-refractivity contribution in [2.75, 3.05) is 23.3 Å². The number of fused-ring (bicyclic) bond motifs is 1. The summed E-state index contributed by atoms with van der Waals surface area (Å²) in [7, 11) is 0. The van der Waals surface area contributed by atoms with Crippen LogP contribution in [0.25, 0.3) is 0 Å². The quantitative estimate of drug-likeness (QED) is 0.575. The van der Waals surface area contributed by atoms with Crippen LogP contribution in [-0.2, 0) is 27.0 Å². The number of hydrogen-bond donors (Lipinski definition) is 3. The number of carbonyl (C=O) groups excluding carboxylic acids is 3. The molecule has 2 aromatic rings. The first kappa shape index (κ1) is 25.2. The van der Waals surface area contributed by atoms with Crippen molar-refractivity contribution in [3.05, 3.63) is 59.2 Å². The predicted molar refractivity (Wildman–Crippen MR) is 120 cm³/mol. The molecule has 0 fully saturated rings. The van der Waals surface area contributed by atoms with E-state index >= 15 is 0 Å². The molecule has 7 nitrogen and oxygen atoms in total. The normalized spacial score (nSPS) is 14.4. The molecule has 0 saturated heterocycles. The average Bonchev–Trinajstić information content (AvgIpc) is 2.80. The molecule has 0 radical (unpaired) electrons. The van der Waals surface area contributed by atoms with Gasteiger partial charge in [-0.05, 0) is 48.2 Å². The first-order chi connectivity index (χ1) is 16.0. The van der Waals surface area contributed by atoms with Crippen molar-refractivity contribution in [2.24, 2.45) is 5.92 Å². The second-order valence-electron chi connectivity index (χ2n) is 8.39. The van der Waals surface area contributed by atoms with Gasteiger partial charge in [0.15, 0.2) is 0 Å². The zero-order valence-electron chi connectivity index (χ0n) is 18.8. The second kappa shape index (κ2) is 10.3. The summed E-state index contributed by atoms with van der Waals surface area (Å²) in [6.07, 6.45) is -4.15. The number of halogens is 3. The number of carbonyl (C=O) groups is 3. The number of aliphatic hydroxyl groups excluding tert-OH is 1. The molecule has 1 unspecified atom stereocenters. The van der Waals surface area contributed by atoms with Gasteiger partial charge < -0.3 is 20.6 Å². The fourth-order valence-corrected chi connectivity index (χ4v) is 3.66. The maximum absolute atomic E-state index is 12.6. The van der Waals surface area contributed by atoms with Crippen LogP contribution in [0, 0.1) is 5.92 Å². The Bertz CT molecular complexity index is 1070. The highest BCUT2D eigenvalue weighted by Crippen LogP contribution is 2.31. The van der Waals surface area contributed by atoms with Crippen molar-refractivity contribution in [1.29, 1.82) is 0 Å². The van der Waals surface area contributed by atoms with Crippen molar-refractivity contribution >= 4 is 29.1 Å². The molecular formula is C24H26F3N3O4. The average molecular weight is 477 g/mol. The zero-order chi connectivity index (χ0) is 25.0. The van der Waals surface area contributed by atoms with Crippen molar-refractivity contribution in [3.63, 3.8) is 0 Å². The Labute approximate surface area is 194 Å². The third-order valence-corrected chi connectivity index (χ3v) is 5.51. The molecule has 3 N–H and O–H groups in total. The molecule has 0 saturated carbocycles. The van der Waals surface area contributed by atoms with E-state index in [1.54, 1.807) is 23.1 Å². The van der Waals surface area contributed by atoms with Gasteiger partial charge in [0.1, 0.15) is 0 Å². The Morgan fingerprint density at radius 1 is 1.06 bits per heavy atom. The smallest absolute Gasteiger partial charge is 0.387 e. The number of aryl methyl sites for hydroxylation is 1. The Kier molecular flexibility index (Phi) is 7.61. The van der Waals surface area contributed by atoms with Crippen LogP contribution in [0.5, 0.6) is 0 Å². The zero-order valence-corrected chi connectivity index (χ0v) is 18.8. The van der Waals surface area contributed by atoms with Gasteiger partial charge in [-0.2, -0.15) is 13.2 Å². The minimum atomic E-state index is -4.49. The number of alkyl halides is 3. The molecule has 182 valence electrons. The van der Waals surface area contributed by atoms with Crippen molar-refractivity contribution in [1.82, 2.24) is 5.32 Å². The topological polar surface area (TPSA) is 98.7 Å². The van der Waals surface area contributed by atoms with Gasteiger partial charge in [-0.1, -0.05) is 32.0 Å². The van der Waals surface area contributed by atoms with Crippen molar-refractivity contribution in [3.8, 4) is 0 Å². The van der Waals surface area contributed by atoms with E-state index < -0.39 is 29.7 Å². The van der Waals surface area contributed by atoms with Crippen molar-refractivity contribution < 1.29 is 32.7 Å². The third kappa shape index (κ3) is 5.93. The first-order valence-electron chi connectivity index (χ1n) is 10.9. The Morgan fingerprint density at radius 2 is 1.74 bits per heavy atom. The molecule has 1 atom stereocenters. The maximum Gasteiger partial charge on any atom is 0.416 e. The van der Waals surface area contributed by atoms with Crippen LogP contribution in [-0.4, -0.2) is 35.9 Å². The van der Waals surface area contributed by atoms with Gasteiger partial charge in [0.05, 0.1) is 11.7 Å². The summed E-state index contributed by atoms with van der Waals surface area (Å²) in [5, 5.41) is 14.9. The highest BCUT2D eigenvalue weighted by molar-refractivity contribution is 6.39. The summed E-state index contributed by atoms with van der Waals surface area (Å²) >= 11 is 0. The Balaban J connectivity index is 1.60. The van der Waals surface area contributed by atoms with Gasteiger partial charge in [-0.3, -0.25) is 14.4 Å². The van der Waals surface area contributed by atoms with Crippen molar-refractivity contribution in [2.45, 2.75) is 39.0 Å². The molecule has 2 aromatic carbocycles. The van der Waals surface area contributed by atoms with E-state index in [0.29, 0.717) is 17.9 Å². The Hall–Kier alpha value is -3.40. The van der Waals surface area contributed by atoms with E-state index in [4.69, 9.17) is 0 Å². The number of rotatable bonds is 5. The van der Waals surface area contributed by atoms with Gasteiger partial charge in [-0.25, -0.2) is 0 Å². The fraction of sp³-hybridized carbons (Fsp3) is 0.375. The van der Waals surface area contributed by atoms with E-state index in [0.717, 1.165) is 42.7 Å².